The molecule has 0 spiro atoms. The molecule has 0 aromatic heterocycles. The van der Waals surface area contributed by atoms with Crippen LogP contribution < -0.4 is 0 Å². The van der Waals surface area contributed by atoms with E-state index in [1.54, 1.807) is 0 Å². The Kier molecular flexibility index (Phi) is 4.42. The van der Waals surface area contributed by atoms with Gasteiger partial charge in [0, 0.05) is 25.1 Å². The van der Waals surface area contributed by atoms with Gasteiger partial charge in [-0.2, -0.15) is 0 Å². The van der Waals surface area contributed by atoms with Crippen molar-refractivity contribution in [3.63, 3.8) is 0 Å². The summed E-state index contributed by atoms with van der Waals surface area (Å²) in [7, 11) is 0. The minimum Gasteiger partial charge on any atom is -0.481 e. The van der Waals surface area contributed by atoms with Crippen LogP contribution in [0, 0.1) is 19.8 Å². The van der Waals surface area contributed by atoms with E-state index in [1.165, 1.54) is 0 Å². The van der Waals surface area contributed by atoms with Gasteiger partial charge in [0.1, 0.15) is 0 Å². The second-order valence-corrected chi connectivity index (χ2v) is 5.62. The van der Waals surface area contributed by atoms with Crippen molar-refractivity contribution in [3.8, 4) is 0 Å². The van der Waals surface area contributed by atoms with Crippen molar-refractivity contribution in [2.45, 2.75) is 33.1 Å². The van der Waals surface area contributed by atoms with Crippen LogP contribution in [-0.2, 0) is 4.79 Å². The molecule has 1 saturated heterocycles. The standard InChI is InChI=1S/C16H21NO3/c1-11-5-3-6-12(2)15(11)16(20)17-8-4-7-13(10-17)9-14(18)19/h3,5-6,13H,4,7-10H2,1-2H3,(H,18,19). The topological polar surface area (TPSA) is 57.6 Å². The molecule has 20 heavy (non-hydrogen) atoms. The Morgan fingerprint density at radius 1 is 1.30 bits per heavy atom. The maximum absolute atomic E-state index is 12.7. The van der Waals surface area contributed by atoms with Gasteiger partial charge in [-0.05, 0) is 43.7 Å². The number of nitrogens with zero attached hydrogens (tertiary/aromatic N) is 1. The van der Waals surface area contributed by atoms with Crippen LogP contribution in [0.15, 0.2) is 18.2 Å². The molecule has 0 radical (unpaired) electrons. The Labute approximate surface area is 119 Å². The first-order chi connectivity index (χ1) is 9.49. The third-order valence-corrected chi connectivity index (χ3v) is 3.96. The van der Waals surface area contributed by atoms with E-state index in [-0.39, 0.29) is 18.2 Å². The predicted molar refractivity (Wildman–Crippen MR) is 76.8 cm³/mol. The van der Waals surface area contributed by atoms with E-state index in [2.05, 4.69) is 0 Å². The zero-order valence-electron chi connectivity index (χ0n) is 12.1. The van der Waals surface area contributed by atoms with Crippen molar-refractivity contribution >= 4 is 11.9 Å². The molecule has 1 atom stereocenters. The minimum atomic E-state index is -0.781. The Hall–Kier alpha value is -1.84. The molecule has 0 saturated carbocycles. The number of benzene rings is 1. The molecule has 2 rings (SSSR count). The summed E-state index contributed by atoms with van der Waals surface area (Å²) in [5.74, 6) is -0.665. The molecule has 1 aliphatic rings. The van der Waals surface area contributed by atoms with Crippen LogP contribution in [0.4, 0.5) is 0 Å². The van der Waals surface area contributed by atoms with Crippen molar-refractivity contribution in [3.05, 3.63) is 34.9 Å². The smallest absolute Gasteiger partial charge is 0.303 e. The number of hydrogen-bond donors (Lipinski definition) is 1. The number of piperidine rings is 1. The number of carbonyl (C=O) groups is 2. The second-order valence-electron chi connectivity index (χ2n) is 5.62. The predicted octanol–water partition coefficient (Wildman–Crippen LogP) is 2.63. The van der Waals surface area contributed by atoms with Gasteiger partial charge < -0.3 is 10.0 Å². The first-order valence-corrected chi connectivity index (χ1v) is 7.06. The third kappa shape index (κ3) is 3.18. The summed E-state index contributed by atoms with van der Waals surface area (Å²) >= 11 is 0. The lowest BCUT2D eigenvalue weighted by atomic mass is 9.93. The van der Waals surface area contributed by atoms with Crippen LogP contribution in [0.3, 0.4) is 0 Å². The second kappa shape index (κ2) is 6.07. The van der Waals surface area contributed by atoms with Gasteiger partial charge in [0.15, 0.2) is 0 Å². The highest BCUT2D eigenvalue weighted by Gasteiger charge is 2.27. The number of carboxylic acids is 1. The van der Waals surface area contributed by atoms with E-state index in [0.717, 1.165) is 36.1 Å². The third-order valence-electron chi connectivity index (χ3n) is 3.96. The number of amides is 1. The van der Waals surface area contributed by atoms with Gasteiger partial charge in [-0.25, -0.2) is 0 Å². The van der Waals surface area contributed by atoms with Crippen molar-refractivity contribution in [2.75, 3.05) is 13.1 Å². The highest BCUT2D eigenvalue weighted by molar-refractivity contribution is 5.97. The summed E-state index contributed by atoms with van der Waals surface area (Å²) in [4.78, 5) is 25.3. The van der Waals surface area contributed by atoms with Gasteiger partial charge >= 0.3 is 5.97 Å². The van der Waals surface area contributed by atoms with Gasteiger partial charge in [0.05, 0.1) is 0 Å². The number of aryl methyl sites for hydroxylation is 2. The van der Waals surface area contributed by atoms with Gasteiger partial charge in [-0.1, -0.05) is 18.2 Å². The fourth-order valence-corrected chi connectivity index (χ4v) is 2.97. The lowest BCUT2D eigenvalue weighted by Gasteiger charge is -2.32. The molecule has 1 unspecified atom stereocenters. The molecule has 0 bridgehead atoms. The molecule has 1 aromatic rings. The summed E-state index contributed by atoms with van der Waals surface area (Å²) in [5.41, 5.74) is 2.73. The van der Waals surface area contributed by atoms with E-state index in [0.29, 0.717) is 6.54 Å². The molecule has 1 fully saturated rings. The monoisotopic (exact) mass is 275 g/mol. The number of carboxylic acid groups (broad SMARTS) is 1. The Morgan fingerprint density at radius 3 is 2.55 bits per heavy atom. The lowest BCUT2D eigenvalue weighted by Crippen LogP contribution is -2.41. The SMILES string of the molecule is Cc1cccc(C)c1C(=O)N1CCCC(CC(=O)O)C1. The molecule has 1 aliphatic heterocycles. The Morgan fingerprint density at radius 2 is 1.95 bits per heavy atom. The summed E-state index contributed by atoms with van der Waals surface area (Å²) < 4.78 is 0. The van der Waals surface area contributed by atoms with Gasteiger partial charge in [0.2, 0.25) is 0 Å². The number of aliphatic carboxylic acids is 1. The minimum absolute atomic E-state index is 0.0377. The highest BCUT2D eigenvalue weighted by Crippen LogP contribution is 2.23. The Bertz CT molecular complexity index is 504. The fourth-order valence-electron chi connectivity index (χ4n) is 2.97. The first kappa shape index (κ1) is 14.6. The van der Waals surface area contributed by atoms with E-state index < -0.39 is 5.97 Å². The zero-order valence-corrected chi connectivity index (χ0v) is 12.1. The number of hydrogen-bond acceptors (Lipinski definition) is 2. The van der Waals surface area contributed by atoms with Crippen LogP contribution in [0.1, 0.15) is 40.7 Å². The lowest BCUT2D eigenvalue weighted by molar-refractivity contribution is -0.138. The van der Waals surface area contributed by atoms with Gasteiger partial charge in [-0.3, -0.25) is 9.59 Å². The number of rotatable bonds is 3. The van der Waals surface area contributed by atoms with Gasteiger partial charge in [-0.15, -0.1) is 0 Å². The van der Waals surface area contributed by atoms with Crippen molar-refractivity contribution in [1.82, 2.24) is 4.90 Å². The first-order valence-electron chi connectivity index (χ1n) is 7.06. The molecule has 1 N–H and O–H groups in total. The molecule has 1 aromatic carbocycles. The molecule has 4 nitrogen and oxygen atoms in total. The van der Waals surface area contributed by atoms with Crippen LogP contribution in [0.25, 0.3) is 0 Å². The van der Waals surface area contributed by atoms with Crippen LogP contribution in [0.2, 0.25) is 0 Å². The molecule has 1 amide bonds. The summed E-state index contributed by atoms with van der Waals surface area (Å²) in [6, 6.07) is 5.84. The summed E-state index contributed by atoms with van der Waals surface area (Å²) in [6.07, 6.45) is 1.92. The van der Waals surface area contributed by atoms with Gasteiger partial charge in [0.25, 0.3) is 5.91 Å². The maximum atomic E-state index is 12.7. The number of carbonyl (C=O) groups excluding carboxylic acids is 1. The molecule has 1 heterocycles. The van der Waals surface area contributed by atoms with E-state index in [9.17, 15) is 9.59 Å². The molecular formula is C16H21NO3. The van der Waals surface area contributed by atoms with Crippen molar-refractivity contribution in [1.29, 1.82) is 0 Å². The highest BCUT2D eigenvalue weighted by atomic mass is 16.4. The van der Waals surface area contributed by atoms with Crippen LogP contribution >= 0.6 is 0 Å². The van der Waals surface area contributed by atoms with Crippen LogP contribution in [-0.4, -0.2) is 35.0 Å². The normalized spacial score (nSPS) is 18.9. The number of likely N-dealkylation sites (tertiary alicyclic amines) is 1. The van der Waals surface area contributed by atoms with E-state index in [1.807, 2.05) is 36.9 Å². The quantitative estimate of drug-likeness (QED) is 0.922. The summed E-state index contributed by atoms with van der Waals surface area (Å²) in [5, 5.41) is 8.89. The summed E-state index contributed by atoms with van der Waals surface area (Å²) in [6.45, 7) is 5.17. The molecule has 108 valence electrons. The molecule has 0 aliphatic carbocycles. The van der Waals surface area contributed by atoms with Crippen molar-refractivity contribution in [2.24, 2.45) is 5.92 Å². The maximum Gasteiger partial charge on any atom is 0.303 e. The largest absolute Gasteiger partial charge is 0.481 e. The van der Waals surface area contributed by atoms with Crippen LogP contribution in [0.5, 0.6) is 0 Å². The van der Waals surface area contributed by atoms with Crippen molar-refractivity contribution < 1.29 is 14.7 Å². The fraction of sp³-hybridized carbons (Fsp3) is 0.500. The zero-order chi connectivity index (χ0) is 14.7. The van der Waals surface area contributed by atoms with E-state index in [4.69, 9.17) is 5.11 Å². The average molecular weight is 275 g/mol. The Balaban J connectivity index is 2.14. The average Bonchev–Trinajstić information content (AvgIpc) is 2.38. The van der Waals surface area contributed by atoms with E-state index >= 15 is 0 Å². The molecule has 4 heteroatoms. The molecular weight excluding hydrogens is 254 g/mol.